The second kappa shape index (κ2) is 19.6. The van der Waals surface area contributed by atoms with Crippen LogP contribution < -0.4 is 10.6 Å². The maximum absolute atomic E-state index is 4.93. The van der Waals surface area contributed by atoms with E-state index < -0.39 is 0 Å². The molecule has 194 valence electrons. The summed E-state index contributed by atoms with van der Waals surface area (Å²) >= 11 is 0. The minimum Gasteiger partial charge on any atom is -0.344 e. The van der Waals surface area contributed by atoms with Gasteiger partial charge in [-0.15, -0.1) is 0 Å². The van der Waals surface area contributed by atoms with Gasteiger partial charge in [-0.3, -0.25) is 4.57 Å². The van der Waals surface area contributed by atoms with Crippen LogP contribution in [-0.4, -0.2) is 45.7 Å². The molecule has 0 fully saturated rings. The molecular formula is C28H52N6. The molecule has 6 nitrogen and oxygen atoms in total. The van der Waals surface area contributed by atoms with Gasteiger partial charge in [0.1, 0.15) is 12.2 Å². The average Bonchev–Trinajstić information content (AvgIpc) is 3.51. The van der Waals surface area contributed by atoms with Crippen molar-refractivity contribution in [3.63, 3.8) is 0 Å². The zero-order valence-corrected chi connectivity index (χ0v) is 22.2. The monoisotopic (exact) mass is 472 g/mol. The highest BCUT2D eigenvalue weighted by Gasteiger charge is 2.11. The number of H-pyrrole nitrogens is 1. The normalized spacial score (nSPS) is 11.5. The van der Waals surface area contributed by atoms with E-state index in [9.17, 15) is 0 Å². The molecule has 0 amide bonds. The number of aromatic amines is 1. The molecule has 0 bridgehead atoms. The van der Waals surface area contributed by atoms with E-state index in [0.717, 1.165) is 37.6 Å². The molecule has 3 N–H and O–H groups in total. The lowest BCUT2D eigenvalue weighted by Crippen LogP contribution is -2.16. The summed E-state index contributed by atoms with van der Waals surface area (Å²) in [7, 11) is 0. The summed E-state index contributed by atoms with van der Waals surface area (Å²) in [6.45, 7) is 9.18. The number of unbranched alkanes of at least 4 members (excludes halogenated alkanes) is 10. The van der Waals surface area contributed by atoms with Gasteiger partial charge in [-0.2, -0.15) is 0 Å². The van der Waals surface area contributed by atoms with Crippen LogP contribution in [0.3, 0.4) is 0 Å². The Morgan fingerprint density at radius 2 is 1.26 bits per heavy atom. The van der Waals surface area contributed by atoms with Crippen molar-refractivity contribution in [1.82, 2.24) is 30.2 Å². The summed E-state index contributed by atoms with van der Waals surface area (Å²) in [4.78, 5) is 12.8. The Bertz CT molecular complexity index is 694. The van der Waals surface area contributed by atoms with E-state index in [-0.39, 0.29) is 0 Å². The van der Waals surface area contributed by atoms with Crippen LogP contribution in [0.2, 0.25) is 0 Å². The minimum atomic E-state index is 1.03. The van der Waals surface area contributed by atoms with Crippen LogP contribution in [0.5, 0.6) is 0 Å². The maximum Gasteiger partial charge on any atom is 0.159 e. The molecule has 2 aromatic heterocycles. The summed E-state index contributed by atoms with van der Waals surface area (Å²) in [5.41, 5.74) is 1.26. The lowest BCUT2D eigenvalue weighted by Gasteiger charge is -2.05. The fourth-order valence-electron chi connectivity index (χ4n) is 4.40. The van der Waals surface area contributed by atoms with Crippen molar-refractivity contribution in [3.8, 4) is 5.82 Å². The predicted octanol–water partition coefficient (Wildman–Crippen LogP) is 6.36. The molecule has 0 aliphatic heterocycles. The molecule has 34 heavy (non-hydrogen) atoms. The Labute approximate surface area is 209 Å². The minimum absolute atomic E-state index is 1.03. The summed E-state index contributed by atoms with van der Waals surface area (Å²) < 4.78 is 2.05. The Balaban J connectivity index is 1.62. The number of nitrogens with one attached hydrogen (secondary N) is 3. The summed E-state index contributed by atoms with van der Waals surface area (Å²) in [5, 5.41) is 7.16. The molecule has 6 heteroatoms. The quantitative estimate of drug-likeness (QED) is 0.165. The number of imidazole rings is 2. The maximum atomic E-state index is 4.93. The van der Waals surface area contributed by atoms with Gasteiger partial charge in [0.25, 0.3) is 0 Å². The highest BCUT2D eigenvalue weighted by Crippen LogP contribution is 2.17. The number of nitrogens with zero attached hydrogens (tertiary/aromatic N) is 3. The van der Waals surface area contributed by atoms with Crippen molar-refractivity contribution in [2.75, 3.05) is 26.2 Å². The molecule has 2 aromatic rings. The van der Waals surface area contributed by atoms with Crippen LogP contribution in [0, 0.1) is 0 Å². The van der Waals surface area contributed by atoms with Gasteiger partial charge in [-0.25, -0.2) is 9.97 Å². The first-order chi connectivity index (χ1) is 16.8. The molecule has 0 aliphatic rings. The first kappa shape index (κ1) is 28.6. The average molecular weight is 473 g/mol. The van der Waals surface area contributed by atoms with Crippen molar-refractivity contribution >= 4 is 0 Å². The SMILES string of the molecule is CCCCCCNCCCCCCc1[nH]c(CCCCCNCCCCC)nc1-n1ccnc1. The molecule has 0 unspecified atom stereocenters. The first-order valence-electron chi connectivity index (χ1n) is 14.3. The van der Waals surface area contributed by atoms with E-state index in [1.807, 2.05) is 18.7 Å². The lowest BCUT2D eigenvalue weighted by atomic mass is 10.1. The molecule has 0 aromatic carbocycles. The van der Waals surface area contributed by atoms with E-state index >= 15 is 0 Å². The Kier molecular flexibility index (Phi) is 16.5. The van der Waals surface area contributed by atoms with E-state index in [2.05, 4.69) is 39.0 Å². The van der Waals surface area contributed by atoms with Crippen LogP contribution in [0.25, 0.3) is 5.82 Å². The van der Waals surface area contributed by atoms with Gasteiger partial charge < -0.3 is 15.6 Å². The molecule has 0 atom stereocenters. The predicted molar refractivity (Wildman–Crippen MR) is 145 cm³/mol. The molecule has 0 spiro atoms. The number of hydrogen-bond donors (Lipinski definition) is 3. The van der Waals surface area contributed by atoms with Crippen LogP contribution in [0.15, 0.2) is 18.7 Å². The molecule has 2 rings (SSSR count). The van der Waals surface area contributed by atoms with Crippen molar-refractivity contribution in [2.45, 2.75) is 117 Å². The molecule has 2 heterocycles. The fraction of sp³-hybridized carbons (Fsp3) is 0.786. The van der Waals surface area contributed by atoms with Crippen molar-refractivity contribution < 1.29 is 0 Å². The first-order valence-corrected chi connectivity index (χ1v) is 14.3. The van der Waals surface area contributed by atoms with E-state index in [4.69, 9.17) is 4.98 Å². The standard InChI is InChI=1S/C28H52N6/c1-3-5-7-14-20-30-21-15-9-8-11-17-26-28(34-24-23-31-25-34)33-27(32-26)18-12-10-16-22-29-19-13-6-4-2/h23-25,29-30H,3-22H2,1-2H3,(H,32,33). The van der Waals surface area contributed by atoms with Gasteiger partial charge in [0, 0.05) is 18.8 Å². The van der Waals surface area contributed by atoms with Gasteiger partial charge in [-0.05, 0) is 71.1 Å². The Morgan fingerprint density at radius 1 is 0.706 bits per heavy atom. The molecule has 0 radical (unpaired) electrons. The zero-order valence-electron chi connectivity index (χ0n) is 22.2. The largest absolute Gasteiger partial charge is 0.344 e. The third-order valence-electron chi connectivity index (χ3n) is 6.52. The Morgan fingerprint density at radius 3 is 1.91 bits per heavy atom. The van der Waals surface area contributed by atoms with Crippen molar-refractivity contribution in [2.24, 2.45) is 0 Å². The number of rotatable bonds is 23. The van der Waals surface area contributed by atoms with Crippen molar-refractivity contribution in [1.29, 1.82) is 0 Å². The highest BCUT2D eigenvalue weighted by molar-refractivity contribution is 5.30. The lowest BCUT2D eigenvalue weighted by molar-refractivity contribution is 0.558. The zero-order chi connectivity index (χ0) is 24.1. The third kappa shape index (κ3) is 12.7. The molecule has 0 saturated heterocycles. The van der Waals surface area contributed by atoms with E-state index in [1.165, 1.54) is 109 Å². The van der Waals surface area contributed by atoms with Gasteiger partial charge in [0.2, 0.25) is 0 Å². The van der Waals surface area contributed by atoms with Gasteiger partial charge >= 0.3 is 0 Å². The third-order valence-corrected chi connectivity index (χ3v) is 6.52. The van der Waals surface area contributed by atoms with Crippen molar-refractivity contribution in [3.05, 3.63) is 30.2 Å². The topological polar surface area (TPSA) is 70.6 Å². The second-order valence-electron chi connectivity index (χ2n) is 9.70. The van der Waals surface area contributed by atoms with Gasteiger partial charge in [-0.1, -0.05) is 65.2 Å². The number of aromatic nitrogens is 4. The summed E-state index contributed by atoms with van der Waals surface area (Å²) in [5.74, 6) is 2.17. The van der Waals surface area contributed by atoms with Crippen LogP contribution in [0.1, 0.15) is 115 Å². The molecule has 0 saturated carbocycles. The molecular weight excluding hydrogens is 420 g/mol. The van der Waals surface area contributed by atoms with Crippen LogP contribution >= 0.6 is 0 Å². The van der Waals surface area contributed by atoms with Gasteiger partial charge in [0.15, 0.2) is 5.82 Å². The molecule has 0 aliphatic carbocycles. The second-order valence-corrected chi connectivity index (χ2v) is 9.70. The fourth-order valence-corrected chi connectivity index (χ4v) is 4.40. The summed E-state index contributed by atoms with van der Waals surface area (Å²) in [6, 6.07) is 0. The van der Waals surface area contributed by atoms with Crippen LogP contribution in [0.4, 0.5) is 0 Å². The Hall–Kier alpha value is -1.66. The summed E-state index contributed by atoms with van der Waals surface area (Å²) in [6.07, 6.45) is 25.9. The van der Waals surface area contributed by atoms with Gasteiger partial charge in [0.05, 0.1) is 5.69 Å². The van der Waals surface area contributed by atoms with E-state index in [0.29, 0.717) is 0 Å². The van der Waals surface area contributed by atoms with Crippen LogP contribution in [-0.2, 0) is 12.8 Å². The van der Waals surface area contributed by atoms with E-state index in [1.54, 1.807) is 0 Å². The number of hydrogen-bond acceptors (Lipinski definition) is 4. The smallest absolute Gasteiger partial charge is 0.159 e. The number of aryl methyl sites for hydroxylation is 2. The highest BCUT2D eigenvalue weighted by atomic mass is 15.1.